The van der Waals surface area contributed by atoms with Gasteiger partial charge in [-0.25, -0.2) is 0 Å². The zero-order chi connectivity index (χ0) is 13.5. The first-order chi connectivity index (χ1) is 9.29. The Morgan fingerprint density at radius 3 is 2.89 bits per heavy atom. The Bertz CT molecular complexity index is 361. The van der Waals surface area contributed by atoms with Gasteiger partial charge in [-0.15, -0.1) is 0 Å². The molecule has 1 aromatic rings. The zero-order valence-electron chi connectivity index (χ0n) is 12.2. The number of hydrogen-bond donors (Lipinski definition) is 1. The minimum absolute atomic E-state index is 0.576. The van der Waals surface area contributed by atoms with Gasteiger partial charge in [-0.2, -0.15) is 0 Å². The van der Waals surface area contributed by atoms with E-state index in [0.29, 0.717) is 6.61 Å². The lowest BCUT2D eigenvalue weighted by molar-refractivity contribution is 0.0855. The predicted molar refractivity (Wildman–Crippen MR) is 76.0 cm³/mol. The molecule has 0 aromatic carbocycles. The first kappa shape index (κ1) is 14.6. The SMILES string of the molecule is CCCNCc1ccc(COCCN(C)C2CC2)o1. The number of rotatable bonds is 10. The lowest BCUT2D eigenvalue weighted by Crippen LogP contribution is -2.25. The van der Waals surface area contributed by atoms with Crippen LogP contribution >= 0.6 is 0 Å². The average molecular weight is 266 g/mol. The molecule has 19 heavy (non-hydrogen) atoms. The highest BCUT2D eigenvalue weighted by atomic mass is 16.5. The maximum Gasteiger partial charge on any atom is 0.129 e. The molecule has 0 aliphatic heterocycles. The van der Waals surface area contributed by atoms with E-state index in [1.165, 1.54) is 12.8 Å². The van der Waals surface area contributed by atoms with Gasteiger partial charge in [0.1, 0.15) is 18.1 Å². The van der Waals surface area contributed by atoms with Gasteiger partial charge < -0.3 is 19.4 Å². The lowest BCUT2D eigenvalue weighted by atomic mass is 10.4. The topological polar surface area (TPSA) is 37.6 Å². The van der Waals surface area contributed by atoms with E-state index >= 15 is 0 Å². The molecule has 1 heterocycles. The largest absolute Gasteiger partial charge is 0.462 e. The Labute approximate surface area is 116 Å². The van der Waals surface area contributed by atoms with E-state index in [-0.39, 0.29) is 0 Å². The van der Waals surface area contributed by atoms with E-state index in [9.17, 15) is 0 Å². The van der Waals surface area contributed by atoms with Crippen molar-refractivity contribution >= 4 is 0 Å². The number of furan rings is 1. The van der Waals surface area contributed by atoms with Crippen molar-refractivity contribution in [3.63, 3.8) is 0 Å². The molecule has 0 spiro atoms. The van der Waals surface area contributed by atoms with Crippen molar-refractivity contribution in [2.75, 3.05) is 26.7 Å². The van der Waals surface area contributed by atoms with Crippen molar-refractivity contribution in [1.29, 1.82) is 0 Å². The molecule has 0 radical (unpaired) electrons. The summed E-state index contributed by atoms with van der Waals surface area (Å²) in [5.74, 6) is 1.91. The fourth-order valence-corrected chi connectivity index (χ4v) is 2.06. The van der Waals surface area contributed by atoms with Crippen LogP contribution in [0.3, 0.4) is 0 Å². The Hall–Kier alpha value is -0.840. The highest BCUT2D eigenvalue weighted by Crippen LogP contribution is 2.24. The van der Waals surface area contributed by atoms with Crippen LogP contribution in [0.15, 0.2) is 16.5 Å². The van der Waals surface area contributed by atoms with E-state index in [2.05, 4.69) is 24.2 Å². The van der Waals surface area contributed by atoms with Crippen LogP contribution in [0.1, 0.15) is 37.7 Å². The lowest BCUT2D eigenvalue weighted by Gasteiger charge is -2.14. The molecule has 4 heteroatoms. The molecule has 2 rings (SSSR count). The monoisotopic (exact) mass is 266 g/mol. The maximum atomic E-state index is 5.70. The summed E-state index contributed by atoms with van der Waals surface area (Å²) in [5.41, 5.74) is 0. The van der Waals surface area contributed by atoms with Crippen molar-refractivity contribution in [2.24, 2.45) is 0 Å². The molecule has 1 N–H and O–H groups in total. The Morgan fingerprint density at radius 1 is 1.37 bits per heavy atom. The summed E-state index contributed by atoms with van der Waals surface area (Å²) in [5, 5.41) is 3.33. The van der Waals surface area contributed by atoms with Crippen LogP contribution in [0.2, 0.25) is 0 Å². The standard InChI is InChI=1S/C15H26N2O2/c1-3-8-16-11-14-6-7-15(19-14)12-18-10-9-17(2)13-4-5-13/h6-7,13,16H,3-5,8-12H2,1-2H3. The third kappa shape index (κ3) is 5.35. The third-order valence-corrected chi connectivity index (χ3v) is 3.45. The summed E-state index contributed by atoms with van der Waals surface area (Å²) in [6.45, 7) is 6.35. The number of nitrogens with zero attached hydrogens (tertiary/aromatic N) is 1. The van der Waals surface area contributed by atoms with Crippen LogP contribution < -0.4 is 5.32 Å². The second-order valence-corrected chi connectivity index (χ2v) is 5.31. The van der Waals surface area contributed by atoms with Crippen molar-refractivity contribution in [3.8, 4) is 0 Å². The smallest absolute Gasteiger partial charge is 0.129 e. The van der Waals surface area contributed by atoms with E-state index in [4.69, 9.17) is 9.15 Å². The van der Waals surface area contributed by atoms with Gasteiger partial charge in [0.2, 0.25) is 0 Å². The number of nitrogens with one attached hydrogen (secondary N) is 1. The van der Waals surface area contributed by atoms with Gasteiger partial charge in [-0.1, -0.05) is 6.92 Å². The molecule has 1 aliphatic carbocycles. The van der Waals surface area contributed by atoms with Crippen LogP contribution in [0.5, 0.6) is 0 Å². The highest BCUT2D eigenvalue weighted by Gasteiger charge is 2.25. The normalized spacial score (nSPS) is 15.3. The molecular weight excluding hydrogens is 240 g/mol. The molecule has 0 atom stereocenters. The van der Waals surface area contributed by atoms with Gasteiger partial charge in [-0.3, -0.25) is 0 Å². The summed E-state index contributed by atoms with van der Waals surface area (Å²) in [7, 11) is 2.17. The van der Waals surface area contributed by atoms with Crippen molar-refractivity contribution in [1.82, 2.24) is 10.2 Å². The molecular formula is C15H26N2O2. The molecule has 1 aromatic heterocycles. The zero-order valence-corrected chi connectivity index (χ0v) is 12.2. The van der Waals surface area contributed by atoms with Gasteiger partial charge in [0.15, 0.2) is 0 Å². The van der Waals surface area contributed by atoms with E-state index in [1.54, 1.807) is 0 Å². The molecule has 1 fully saturated rings. The number of hydrogen-bond acceptors (Lipinski definition) is 4. The van der Waals surface area contributed by atoms with Crippen LogP contribution in [-0.4, -0.2) is 37.7 Å². The average Bonchev–Trinajstić information content (AvgIpc) is 3.17. The van der Waals surface area contributed by atoms with Gasteiger partial charge in [0.05, 0.1) is 13.2 Å². The molecule has 0 unspecified atom stereocenters. The van der Waals surface area contributed by atoms with Gasteiger partial charge in [0.25, 0.3) is 0 Å². The number of likely N-dealkylation sites (N-methyl/N-ethyl adjacent to an activating group) is 1. The second kappa shape index (κ2) is 7.68. The van der Waals surface area contributed by atoms with Crippen molar-refractivity contribution < 1.29 is 9.15 Å². The van der Waals surface area contributed by atoms with Crippen LogP contribution in [0.4, 0.5) is 0 Å². The van der Waals surface area contributed by atoms with Gasteiger partial charge in [-0.05, 0) is 45.0 Å². The Kier molecular flexibility index (Phi) is 5.89. The van der Waals surface area contributed by atoms with Crippen LogP contribution in [0, 0.1) is 0 Å². The molecule has 1 saturated carbocycles. The number of ether oxygens (including phenoxy) is 1. The van der Waals surface area contributed by atoms with E-state index in [0.717, 1.165) is 50.2 Å². The maximum absolute atomic E-state index is 5.70. The Balaban J connectivity index is 1.57. The highest BCUT2D eigenvalue weighted by molar-refractivity contribution is 5.06. The Morgan fingerprint density at radius 2 is 2.16 bits per heavy atom. The fraction of sp³-hybridized carbons (Fsp3) is 0.733. The summed E-state index contributed by atoms with van der Waals surface area (Å²) < 4.78 is 11.3. The van der Waals surface area contributed by atoms with Crippen LogP contribution in [0.25, 0.3) is 0 Å². The summed E-state index contributed by atoms with van der Waals surface area (Å²) >= 11 is 0. The summed E-state index contributed by atoms with van der Waals surface area (Å²) in [4.78, 5) is 2.38. The van der Waals surface area contributed by atoms with Gasteiger partial charge in [0, 0.05) is 12.6 Å². The van der Waals surface area contributed by atoms with Crippen molar-refractivity contribution in [2.45, 2.75) is 45.4 Å². The molecule has 4 nitrogen and oxygen atoms in total. The quantitative estimate of drug-likeness (QED) is 0.660. The van der Waals surface area contributed by atoms with Crippen molar-refractivity contribution in [3.05, 3.63) is 23.7 Å². The molecule has 0 bridgehead atoms. The first-order valence-electron chi connectivity index (χ1n) is 7.36. The summed E-state index contributed by atoms with van der Waals surface area (Å²) in [6.07, 6.45) is 3.84. The first-order valence-corrected chi connectivity index (χ1v) is 7.36. The third-order valence-electron chi connectivity index (χ3n) is 3.45. The minimum Gasteiger partial charge on any atom is -0.462 e. The van der Waals surface area contributed by atoms with Crippen LogP contribution in [-0.2, 0) is 17.9 Å². The molecule has 0 amide bonds. The van der Waals surface area contributed by atoms with Gasteiger partial charge >= 0.3 is 0 Å². The predicted octanol–water partition coefficient (Wildman–Crippen LogP) is 2.39. The van der Waals surface area contributed by atoms with E-state index in [1.807, 2.05) is 12.1 Å². The summed E-state index contributed by atoms with van der Waals surface area (Å²) in [6, 6.07) is 4.84. The molecule has 1 aliphatic rings. The minimum atomic E-state index is 0.576. The van der Waals surface area contributed by atoms with E-state index < -0.39 is 0 Å². The second-order valence-electron chi connectivity index (χ2n) is 5.31. The molecule has 108 valence electrons. The fourth-order valence-electron chi connectivity index (χ4n) is 2.06. The molecule has 0 saturated heterocycles.